The lowest BCUT2D eigenvalue weighted by Crippen LogP contribution is -2.13. The first kappa shape index (κ1) is 16.6. The summed E-state index contributed by atoms with van der Waals surface area (Å²) in [6, 6.07) is 11.5. The molecule has 1 amide bonds. The molecular formula is C18H14N4O2S2. The quantitative estimate of drug-likeness (QED) is 0.553. The number of rotatable bonds is 5. The maximum atomic E-state index is 12.4. The van der Waals surface area contributed by atoms with Gasteiger partial charge in [0.15, 0.2) is 0 Å². The first-order valence-electron chi connectivity index (χ1n) is 7.87. The van der Waals surface area contributed by atoms with E-state index in [1.165, 1.54) is 11.3 Å². The fourth-order valence-corrected chi connectivity index (χ4v) is 3.69. The summed E-state index contributed by atoms with van der Waals surface area (Å²) < 4.78 is 5.36. The topological polar surface area (TPSA) is 80.9 Å². The molecule has 3 heterocycles. The fraction of sp³-hybridized carbons (Fsp3) is 0.111. The molecule has 1 aromatic carbocycles. The van der Waals surface area contributed by atoms with E-state index in [1.54, 1.807) is 16.7 Å². The van der Waals surface area contributed by atoms with Crippen LogP contribution in [0.1, 0.15) is 27.0 Å². The van der Waals surface area contributed by atoms with E-state index >= 15 is 0 Å². The largest absolute Gasteiger partial charge is 0.339 e. The van der Waals surface area contributed by atoms with Gasteiger partial charge in [-0.15, -0.1) is 22.7 Å². The number of carbonyl (C=O) groups is 1. The normalized spacial score (nSPS) is 10.8. The highest BCUT2D eigenvalue weighted by Gasteiger charge is 2.15. The van der Waals surface area contributed by atoms with Gasteiger partial charge in [0.1, 0.15) is 5.69 Å². The maximum absolute atomic E-state index is 12.4. The second-order valence-electron chi connectivity index (χ2n) is 5.53. The molecule has 26 heavy (non-hydrogen) atoms. The summed E-state index contributed by atoms with van der Waals surface area (Å²) in [5.74, 6) is 0.848. The van der Waals surface area contributed by atoms with Crippen molar-refractivity contribution >= 4 is 34.3 Å². The van der Waals surface area contributed by atoms with E-state index in [9.17, 15) is 4.79 Å². The van der Waals surface area contributed by atoms with Crippen LogP contribution in [0.4, 0.5) is 5.69 Å². The van der Waals surface area contributed by atoms with Crippen molar-refractivity contribution in [2.24, 2.45) is 0 Å². The van der Waals surface area contributed by atoms with Crippen molar-refractivity contribution in [2.45, 2.75) is 13.3 Å². The summed E-state index contributed by atoms with van der Waals surface area (Å²) in [5, 5.41) is 11.5. The molecule has 0 saturated heterocycles. The third-order valence-electron chi connectivity index (χ3n) is 3.67. The molecule has 0 unspecified atom stereocenters. The zero-order valence-electron chi connectivity index (χ0n) is 13.8. The third-order valence-corrected chi connectivity index (χ3v) is 5.31. The zero-order chi connectivity index (χ0) is 17.9. The van der Waals surface area contributed by atoms with Crippen LogP contribution in [-0.4, -0.2) is 21.0 Å². The monoisotopic (exact) mass is 382 g/mol. The van der Waals surface area contributed by atoms with Crippen LogP contribution in [0.2, 0.25) is 0 Å². The van der Waals surface area contributed by atoms with Gasteiger partial charge in [0.05, 0.1) is 16.3 Å². The predicted octanol–water partition coefficient (Wildman–Crippen LogP) is 4.41. The lowest BCUT2D eigenvalue weighted by Gasteiger charge is -2.08. The minimum absolute atomic E-state index is 0.230. The summed E-state index contributed by atoms with van der Waals surface area (Å²) in [5.41, 5.74) is 2.02. The van der Waals surface area contributed by atoms with E-state index in [-0.39, 0.29) is 5.91 Å². The molecule has 6 nitrogen and oxygen atoms in total. The Balaban J connectivity index is 1.53. The third kappa shape index (κ3) is 3.56. The van der Waals surface area contributed by atoms with E-state index in [2.05, 4.69) is 20.4 Å². The van der Waals surface area contributed by atoms with E-state index < -0.39 is 0 Å². The van der Waals surface area contributed by atoms with Crippen LogP contribution in [-0.2, 0) is 6.42 Å². The van der Waals surface area contributed by atoms with Crippen molar-refractivity contribution in [1.29, 1.82) is 0 Å². The first-order valence-corrected chi connectivity index (χ1v) is 9.63. The van der Waals surface area contributed by atoms with Gasteiger partial charge in [-0.3, -0.25) is 4.79 Å². The van der Waals surface area contributed by atoms with Crippen LogP contribution in [0.25, 0.3) is 10.7 Å². The zero-order valence-corrected chi connectivity index (χ0v) is 15.4. The van der Waals surface area contributed by atoms with Crippen molar-refractivity contribution in [3.05, 3.63) is 69.3 Å². The van der Waals surface area contributed by atoms with Gasteiger partial charge in [0.25, 0.3) is 5.91 Å². The molecule has 0 spiro atoms. The Hall–Kier alpha value is -2.84. The van der Waals surface area contributed by atoms with E-state index in [4.69, 9.17) is 4.52 Å². The van der Waals surface area contributed by atoms with E-state index in [0.29, 0.717) is 29.5 Å². The van der Waals surface area contributed by atoms with E-state index in [1.807, 2.05) is 48.7 Å². The predicted molar refractivity (Wildman–Crippen MR) is 102 cm³/mol. The Morgan fingerprint density at radius 3 is 2.81 bits per heavy atom. The first-order chi connectivity index (χ1) is 12.7. The van der Waals surface area contributed by atoms with E-state index in [0.717, 1.165) is 15.4 Å². The lowest BCUT2D eigenvalue weighted by atomic mass is 10.1. The molecule has 1 N–H and O–H groups in total. The molecule has 0 atom stereocenters. The highest BCUT2D eigenvalue weighted by Crippen LogP contribution is 2.24. The standard InChI is InChI=1S/C18H14N4O2S2/c1-11-19-14(10-26-11)18(23)20-13-6-3-2-5-12(13)9-16-21-17(22-24-16)15-7-4-8-25-15/h2-8,10H,9H2,1H3,(H,20,23). The summed E-state index contributed by atoms with van der Waals surface area (Å²) in [7, 11) is 0. The Labute approximate surface area is 157 Å². The van der Waals surface area contributed by atoms with Crippen molar-refractivity contribution in [3.8, 4) is 10.7 Å². The minimum atomic E-state index is -0.230. The maximum Gasteiger partial charge on any atom is 0.275 e. The molecule has 0 radical (unpaired) electrons. The smallest absolute Gasteiger partial charge is 0.275 e. The average molecular weight is 382 g/mol. The van der Waals surface area contributed by atoms with Crippen molar-refractivity contribution in [3.63, 3.8) is 0 Å². The highest BCUT2D eigenvalue weighted by molar-refractivity contribution is 7.13. The van der Waals surface area contributed by atoms with Crippen LogP contribution in [0.15, 0.2) is 51.7 Å². The number of hydrogen-bond donors (Lipinski definition) is 1. The molecule has 0 fully saturated rings. The van der Waals surface area contributed by atoms with Crippen molar-refractivity contribution < 1.29 is 9.32 Å². The van der Waals surface area contributed by atoms with Crippen LogP contribution >= 0.6 is 22.7 Å². The molecule has 0 aliphatic heterocycles. The van der Waals surface area contributed by atoms with Crippen LogP contribution in [0.3, 0.4) is 0 Å². The van der Waals surface area contributed by atoms with Gasteiger partial charge >= 0.3 is 0 Å². The van der Waals surface area contributed by atoms with Crippen LogP contribution in [0, 0.1) is 6.92 Å². The number of thiophene rings is 1. The number of aromatic nitrogens is 3. The van der Waals surface area contributed by atoms with Gasteiger partial charge in [-0.05, 0) is 30.0 Å². The SMILES string of the molecule is Cc1nc(C(=O)Nc2ccccc2Cc2nc(-c3cccs3)no2)cs1. The number of thiazole rings is 1. The summed E-state index contributed by atoms with van der Waals surface area (Å²) in [4.78, 5) is 22.0. The molecular weight excluding hydrogens is 368 g/mol. The Morgan fingerprint density at radius 2 is 2.04 bits per heavy atom. The molecule has 8 heteroatoms. The molecule has 0 aliphatic carbocycles. The van der Waals surface area contributed by atoms with Gasteiger partial charge in [0.2, 0.25) is 11.7 Å². The molecule has 130 valence electrons. The Kier molecular flexibility index (Phi) is 4.59. The second-order valence-corrected chi connectivity index (χ2v) is 7.54. The molecule has 3 aromatic heterocycles. The van der Waals surface area contributed by atoms with Gasteiger partial charge in [-0.25, -0.2) is 4.98 Å². The molecule has 0 bridgehead atoms. The lowest BCUT2D eigenvalue weighted by molar-refractivity contribution is 0.102. The number of carbonyl (C=O) groups excluding carboxylic acids is 1. The van der Waals surface area contributed by atoms with Crippen molar-refractivity contribution in [1.82, 2.24) is 15.1 Å². The molecule has 0 saturated carbocycles. The fourth-order valence-electron chi connectivity index (χ4n) is 2.45. The number of nitrogens with zero attached hydrogens (tertiary/aromatic N) is 3. The number of aryl methyl sites for hydroxylation is 1. The van der Waals surface area contributed by atoms with Crippen LogP contribution < -0.4 is 5.32 Å². The summed E-state index contributed by atoms with van der Waals surface area (Å²) in [6.45, 7) is 1.87. The second kappa shape index (κ2) is 7.19. The van der Waals surface area contributed by atoms with Gasteiger partial charge in [-0.1, -0.05) is 29.4 Å². The average Bonchev–Trinajstić information content (AvgIpc) is 3.37. The number of anilines is 1. The van der Waals surface area contributed by atoms with Gasteiger partial charge in [-0.2, -0.15) is 4.98 Å². The number of hydrogen-bond acceptors (Lipinski definition) is 7. The number of nitrogens with one attached hydrogen (secondary N) is 1. The number of benzene rings is 1. The number of amides is 1. The highest BCUT2D eigenvalue weighted by atomic mass is 32.1. The van der Waals surface area contributed by atoms with Gasteiger partial charge in [0, 0.05) is 11.1 Å². The molecule has 4 rings (SSSR count). The molecule has 0 aliphatic rings. The van der Waals surface area contributed by atoms with Crippen LogP contribution in [0.5, 0.6) is 0 Å². The summed E-state index contributed by atoms with van der Waals surface area (Å²) in [6.07, 6.45) is 0.435. The Morgan fingerprint density at radius 1 is 1.15 bits per heavy atom. The molecule has 4 aromatic rings. The summed E-state index contributed by atoms with van der Waals surface area (Å²) >= 11 is 3.01. The van der Waals surface area contributed by atoms with Gasteiger partial charge < -0.3 is 9.84 Å². The Bertz CT molecular complexity index is 1040. The number of para-hydroxylation sites is 1. The minimum Gasteiger partial charge on any atom is -0.339 e. The van der Waals surface area contributed by atoms with Crippen molar-refractivity contribution in [2.75, 3.05) is 5.32 Å².